The van der Waals surface area contributed by atoms with Crippen molar-refractivity contribution < 1.29 is 0 Å². The number of fused-ring (bicyclic) bond motifs is 5. The van der Waals surface area contributed by atoms with Crippen molar-refractivity contribution in [1.29, 1.82) is 0 Å². The number of hydrogen-bond acceptors (Lipinski definition) is 3. The summed E-state index contributed by atoms with van der Waals surface area (Å²) >= 11 is 0. The first kappa shape index (κ1) is 19.3. The van der Waals surface area contributed by atoms with Crippen molar-refractivity contribution in [2.75, 3.05) is 0 Å². The van der Waals surface area contributed by atoms with E-state index in [1.807, 2.05) is 18.5 Å². The topological polar surface area (TPSA) is 28.2 Å². The maximum Gasteiger partial charge on any atom is 0.0871 e. The zero-order valence-corrected chi connectivity index (χ0v) is 18.7. The Bertz CT molecular complexity index is 1190. The van der Waals surface area contributed by atoms with E-state index in [0.29, 0.717) is 35.8 Å². The number of rotatable bonds is 2. The molecule has 3 heterocycles. The molecule has 1 saturated heterocycles. The molecule has 164 valence electrons. The van der Waals surface area contributed by atoms with E-state index >= 15 is 0 Å². The van der Waals surface area contributed by atoms with Crippen molar-refractivity contribution in [3.8, 4) is 0 Å². The van der Waals surface area contributed by atoms with Gasteiger partial charge in [0.15, 0.2) is 0 Å². The van der Waals surface area contributed by atoms with Gasteiger partial charge in [0, 0.05) is 48.1 Å². The van der Waals surface area contributed by atoms with Gasteiger partial charge >= 0.3 is 0 Å². The van der Waals surface area contributed by atoms with Crippen LogP contribution in [0.2, 0.25) is 0 Å². The summed E-state index contributed by atoms with van der Waals surface area (Å²) in [7, 11) is 0. The van der Waals surface area contributed by atoms with E-state index in [4.69, 9.17) is 0 Å². The fourth-order valence-corrected chi connectivity index (χ4v) is 6.91. The van der Waals surface area contributed by atoms with Crippen LogP contribution in [0, 0.1) is 23.7 Å². The predicted molar refractivity (Wildman–Crippen MR) is 134 cm³/mol. The maximum absolute atomic E-state index is 4.38. The lowest BCUT2D eigenvalue weighted by Gasteiger charge is -2.44. The molecule has 1 fully saturated rings. The molecule has 6 aliphatic rings. The van der Waals surface area contributed by atoms with Crippen molar-refractivity contribution in [2.45, 2.75) is 31.1 Å². The van der Waals surface area contributed by atoms with Crippen LogP contribution >= 0.6 is 0 Å². The molecule has 7 unspecified atom stereocenters. The Labute approximate surface area is 196 Å². The summed E-state index contributed by atoms with van der Waals surface area (Å²) in [6, 6.07) is 5.01. The van der Waals surface area contributed by atoms with E-state index in [1.54, 1.807) is 5.57 Å². The first-order chi connectivity index (χ1) is 16.4. The summed E-state index contributed by atoms with van der Waals surface area (Å²) in [6.45, 7) is 0. The lowest BCUT2D eigenvalue weighted by molar-refractivity contribution is 0.0961. The molecule has 1 aromatic rings. The number of nitrogens with one attached hydrogen (secondary N) is 1. The Hall–Kier alpha value is -3.17. The molecular formula is C30H29N3. The molecule has 3 heteroatoms. The van der Waals surface area contributed by atoms with Crippen molar-refractivity contribution in [3.63, 3.8) is 0 Å². The zero-order valence-electron chi connectivity index (χ0n) is 18.7. The minimum Gasteiger partial charge on any atom is -0.375 e. The van der Waals surface area contributed by atoms with Crippen LogP contribution in [0.3, 0.4) is 0 Å². The predicted octanol–water partition coefficient (Wildman–Crippen LogP) is 5.34. The lowest BCUT2D eigenvalue weighted by Crippen LogP contribution is -2.56. The second-order valence-corrected chi connectivity index (χ2v) is 9.93. The third kappa shape index (κ3) is 3.02. The van der Waals surface area contributed by atoms with E-state index in [9.17, 15) is 0 Å². The van der Waals surface area contributed by atoms with Gasteiger partial charge in [-0.05, 0) is 41.8 Å². The number of likely N-dealkylation sites (tertiary alicyclic amines) is 1. The number of aromatic nitrogens is 1. The minimum absolute atomic E-state index is 0.285. The van der Waals surface area contributed by atoms with Crippen molar-refractivity contribution in [2.24, 2.45) is 23.7 Å². The summed E-state index contributed by atoms with van der Waals surface area (Å²) in [5, 5.41) is 3.77. The molecule has 1 aromatic heterocycles. The van der Waals surface area contributed by atoms with Gasteiger partial charge in [0.2, 0.25) is 0 Å². The van der Waals surface area contributed by atoms with Crippen LogP contribution in [0.1, 0.15) is 18.4 Å². The number of nitrogens with zero attached hydrogens (tertiary/aromatic N) is 2. The van der Waals surface area contributed by atoms with Crippen LogP contribution in [0.4, 0.5) is 0 Å². The standard InChI is InChI=1S/C30H29N3/c1-3-9-24-20(6-1)11-14-28-29(24)26-18-22(23-8-5-16-31-19-23)12-13-27(26)33(28)30-25-10-4-2-7-21(25)15-17-32-30/h1-2,4-8,10-19,21,25-30,32H,3,9H2. The van der Waals surface area contributed by atoms with Gasteiger partial charge in [-0.2, -0.15) is 0 Å². The van der Waals surface area contributed by atoms with Gasteiger partial charge < -0.3 is 5.32 Å². The van der Waals surface area contributed by atoms with E-state index in [-0.39, 0.29) is 6.17 Å². The van der Waals surface area contributed by atoms with Crippen LogP contribution in [-0.4, -0.2) is 28.1 Å². The second-order valence-electron chi connectivity index (χ2n) is 9.93. The second kappa shape index (κ2) is 7.71. The van der Waals surface area contributed by atoms with Gasteiger partial charge in [-0.1, -0.05) is 84.6 Å². The molecular weight excluding hydrogens is 402 g/mol. The molecule has 0 bridgehead atoms. The highest BCUT2D eigenvalue weighted by atomic mass is 15.3. The molecule has 33 heavy (non-hydrogen) atoms. The molecule has 0 amide bonds. The van der Waals surface area contributed by atoms with Crippen molar-refractivity contribution >= 4 is 5.57 Å². The van der Waals surface area contributed by atoms with Gasteiger partial charge in [-0.15, -0.1) is 0 Å². The lowest BCUT2D eigenvalue weighted by atomic mass is 9.72. The highest BCUT2D eigenvalue weighted by Gasteiger charge is 2.53. The highest BCUT2D eigenvalue weighted by Crippen LogP contribution is 2.51. The van der Waals surface area contributed by atoms with Gasteiger partial charge in [0.05, 0.1) is 6.17 Å². The van der Waals surface area contributed by atoms with Crippen molar-refractivity contribution in [3.05, 3.63) is 120 Å². The van der Waals surface area contributed by atoms with Gasteiger partial charge in [-0.3, -0.25) is 9.88 Å². The normalized spacial score (nSPS) is 37.8. The molecule has 4 aliphatic carbocycles. The molecule has 7 atom stereocenters. The summed E-state index contributed by atoms with van der Waals surface area (Å²) in [5.74, 6) is 1.90. The largest absolute Gasteiger partial charge is 0.375 e. The molecule has 0 spiro atoms. The average molecular weight is 432 g/mol. The van der Waals surface area contributed by atoms with Crippen LogP contribution in [0.5, 0.6) is 0 Å². The summed E-state index contributed by atoms with van der Waals surface area (Å²) in [6.07, 6.45) is 37.0. The summed E-state index contributed by atoms with van der Waals surface area (Å²) < 4.78 is 0. The SMILES string of the molecule is C1=CC2C=CNC(N3C4C=CC(c5cccnc5)=CC4C4C5=C(C=CCC5)C=CC43)C2C=C1. The average Bonchev–Trinajstić information content (AvgIpc) is 3.23. The van der Waals surface area contributed by atoms with Crippen LogP contribution < -0.4 is 5.32 Å². The Balaban J connectivity index is 1.33. The van der Waals surface area contributed by atoms with Crippen molar-refractivity contribution in [1.82, 2.24) is 15.2 Å². The Morgan fingerprint density at radius 2 is 1.88 bits per heavy atom. The molecule has 0 saturated carbocycles. The minimum atomic E-state index is 0.285. The Kier molecular flexibility index (Phi) is 4.51. The van der Waals surface area contributed by atoms with Gasteiger partial charge in [-0.25, -0.2) is 0 Å². The third-order valence-electron chi connectivity index (χ3n) is 8.32. The Morgan fingerprint density at radius 3 is 2.82 bits per heavy atom. The fraction of sp³-hybridized carbons (Fsp3) is 0.300. The van der Waals surface area contributed by atoms with Crippen LogP contribution in [0.25, 0.3) is 5.57 Å². The van der Waals surface area contributed by atoms with Crippen LogP contribution in [-0.2, 0) is 0 Å². The first-order valence-electron chi connectivity index (χ1n) is 12.3. The summed E-state index contributed by atoms with van der Waals surface area (Å²) in [4.78, 5) is 7.16. The fourth-order valence-electron chi connectivity index (χ4n) is 6.91. The smallest absolute Gasteiger partial charge is 0.0871 e. The number of hydrogen-bond donors (Lipinski definition) is 1. The zero-order chi connectivity index (χ0) is 21.8. The molecule has 3 nitrogen and oxygen atoms in total. The van der Waals surface area contributed by atoms with E-state index < -0.39 is 0 Å². The molecule has 0 aromatic carbocycles. The molecule has 7 rings (SSSR count). The molecule has 2 aliphatic heterocycles. The quantitative estimate of drug-likeness (QED) is 0.685. The molecule has 0 radical (unpaired) electrons. The van der Waals surface area contributed by atoms with Gasteiger partial charge in [0.25, 0.3) is 0 Å². The third-order valence-corrected chi connectivity index (χ3v) is 8.32. The first-order valence-corrected chi connectivity index (χ1v) is 12.3. The summed E-state index contributed by atoms with van der Waals surface area (Å²) in [5.41, 5.74) is 5.62. The highest BCUT2D eigenvalue weighted by molar-refractivity contribution is 5.75. The monoisotopic (exact) mass is 431 g/mol. The maximum atomic E-state index is 4.38. The van der Waals surface area contributed by atoms with E-state index in [0.717, 1.165) is 6.42 Å². The van der Waals surface area contributed by atoms with Gasteiger partial charge in [0.1, 0.15) is 0 Å². The number of allylic oxidation sites excluding steroid dienone is 10. The van der Waals surface area contributed by atoms with Crippen LogP contribution in [0.15, 0.2) is 115 Å². The van der Waals surface area contributed by atoms with E-state index in [2.05, 4.69) is 100 Å². The number of pyridine rings is 1. The molecule has 1 N–H and O–H groups in total. The Morgan fingerprint density at radius 1 is 0.939 bits per heavy atom. The van der Waals surface area contributed by atoms with E-state index in [1.165, 1.54) is 23.1 Å².